The van der Waals surface area contributed by atoms with Crippen LogP contribution >= 0.6 is 11.8 Å². The third-order valence-corrected chi connectivity index (χ3v) is 4.35. The molecule has 2 fully saturated rings. The van der Waals surface area contributed by atoms with Gasteiger partial charge in [0.05, 0.1) is 0 Å². The van der Waals surface area contributed by atoms with Gasteiger partial charge in [-0.15, -0.1) is 11.8 Å². The van der Waals surface area contributed by atoms with Crippen molar-refractivity contribution in [2.75, 3.05) is 0 Å². The van der Waals surface area contributed by atoms with E-state index in [0.29, 0.717) is 22.4 Å². The van der Waals surface area contributed by atoms with Crippen molar-refractivity contribution in [3.05, 3.63) is 11.5 Å². The summed E-state index contributed by atoms with van der Waals surface area (Å²) in [6, 6.07) is 0. The zero-order valence-electron chi connectivity index (χ0n) is 5.54. The molecular formula is C8H8OS. The SMILES string of the molecule is O=C1CCC23C=CSC2C13. The average molecular weight is 152 g/mol. The first kappa shape index (κ1) is 5.42. The largest absolute Gasteiger partial charge is 0.299 e. The van der Waals surface area contributed by atoms with E-state index in [-0.39, 0.29) is 0 Å². The molecule has 10 heavy (non-hydrogen) atoms. The van der Waals surface area contributed by atoms with Crippen molar-refractivity contribution in [3.63, 3.8) is 0 Å². The van der Waals surface area contributed by atoms with Gasteiger partial charge in [-0.3, -0.25) is 4.79 Å². The molecule has 3 aliphatic rings. The second-order valence-electron chi connectivity index (χ2n) is 3.42. The number of hydrogen-bond donors (Lipinski definition) is 0. The molecule has 1 heterocycles. The van der Waals surface area contributed by atoms with Crippen LogP contribution in [0.25, 0.3) is 0 Å². The van der Waals surface area contributed by atoms with E-state index in [1.807, 2.05) is 11.8 Å². The van der Waals surface area contributed by atoms with Crippen LogP contribution in [0.2, 0.25) is 0 Å². The smallest absolute Gasteiger partial charge is 0.138 e. The molecule has 0 amide bonds. The number of carbonyl (C=O) groups is 1. The number of fused-ring (bicyclic) bond motifs is 1. The molecular weight excluding hydrogens is 144 g/mol. The van der Waals surface area contributed by atoms with Gasteiger partial charge in [-0.2, -0.15) is 0 Å². The molecule has 3 rings (SSSR count). The van der Waals surface area contributed by atoms with E-state index in [1.54, 1.807) is 0 Å². The Morgan fingerprint density at radius 3 is 3.30 bits per heavy atom. The summed E-state index contributed by atoms with van der Waals surface area (Å²) >= 11 is 1.86. The van der Waals surface area contributed by atoms with Gasteiger partial charge in [-0.25, -0.2) is 0 Å². The summed E-state index contributed by atoms with van der Waals surface area (Å²) < 4.78 is 0. The minimum Gasteiger partial charge on any atom is -0.299 e. The van der Waals surface area contributed by atoms with Gasteiger partial charge in [0.25, 0.3) is 0 Å². The van der Waals surface area contributed by atoms with Crippen LogP contribution in [0.15, 0.2) is 11.5 Å². The highest BCUT2D eigenvalue weighted by atomic mass is 32.2. The lowest BCUT2D eigenvalue weighted by Crippen LogP contribution is -1.98. The summed E-state index contributed by atoms with van der Waals surface area (Å²) in [5.41, 5.74) is 0.377. The third-order valence-electron chi connectivity index (χ3n) is 3.06. The fourth-order valence-corrected chi connectivity index (χ4v) is 4.00. The van der Waals surface area contributed by atoms with Gasteiger partial charge in [-0.05, 0) is 11.8 Å². The van der Waals surface area contributed by atoms with E-state index in [0.717, 1.165) is 12.8 Å². The van der Waals surface area contributed by atoms with Gasteiger partial charge in [-0.1, -0.05) is 6.08 Å². The predicted molar refractivity (Wildman–Crippen MR) is 40.7 cm³/mol. The van der Waals surface area contributed by atoms with Crippen molar-refractivity contribution in [1.29, 1.82) is 0 Å². The monoisotopic (exact) mass is 152 g/mol. The number of ketones is 1. The molecule has 52 valence electrons. The molecule has 2 saturated carbocycles. The van der Waals surface area contributed by atoms with Gasteiger partial charge in [0.15, 0.2) is 0 Å². The second kappa shape index (κ2) is 1.35. The van der Waals surface area contributed by atoms with E-state index < -0.39 is 0 Å². The number of Topliss-reactive ketones (excluding diaryl/α,β-unsaturated/α-hetero) is 1. The minimum absolute atomic E-state index is 0.377. The molecule has 1 aliphatic heterocycles. The molecule has 0 bridgehead atoms. The first-order valence-electron chi connectivity index (χ1n) is 3.70. The third kappa shape index (κ3) is 0.375. The van der Waals surface area contributed by atoms with Gasteiger partial charge >= 0.3 is 0 Å². The minimum atomic E-state index is 0.377. The number of hydrogen-bond acceptors (Lipinski definition) is 2. The Kier molecular flexibility index (Phi) is 0.732. The van der Waals surface area contributed by atoms with Crippen LogP contribution in [-0.2, 0) is 4.79 Å². The summed E-state index contributed by atoms with van der Waals surface area (Å²) in [6.45, 7) is 0. The molecule has 3 atom stereocenters. The highest BCUT2D eigenvalue weighted by molar-refractivity contribution is 8.03. The van der Waals surface area contributed by atoms with Gasteiger partial charge in [0.1, 0.15) is 5.78 Å². The van der Waals surface area contributed by atoms with Gasteiger partial charge in [0, 0.05) is 23.0 Å². The molecule has 0 aromatic heterocycles. The maximum atomic E-state index is 11.2. The Hall–Kier alpha value is -0.240. The average Bonchev–Trinajstić information content (AvgIpc) is 2.27. The van der Waals surface area contributed by atoms with Crippen LogP contribution in [-0.4, -0.2) is 11.0 Å². The number of thioether (sulfide) groups is 1. The Balaban J connectivity index is 2.07. The molecule has 2 heteroatoms. The first-order chi connectivity index (χ1) is 4.84. The normalized spacial score (nSPS) is 55.0. The molecule has 0 radical (unpaired) electrons. The van der Waals surface area contributed by atoms with Crippen LogP contribution in [0.4, 0.5) is 0 Å². The summed E-state index contributed by atoms with van der Waals surface area (Å²) in [7, 11) is 0. The summed E-state index contributed by atoms with van der Waals surface area (Å²) in [6.07, 6.45) is 4.23. The molecule has 0 aromatic carbocycles. The summed E-state index contributed by atoms with van der Waals surface area (Å²) in [5, 5.41) is 2.83. The number of rotatable bonds is 0. The van der Waals surface area contributed by atoms with Crippen LogP contribution in [0.1, 0.15) is 12.8 Å². The van der Waals surface area contributed by atoms with Crippen molar-refractivity contribution in [2.45, 2.75) is 18.1 Å². The predicted octanol–water partition coefficient (Wildman–Crippen LogP) is 1.59. The Labute approximate surface area is 63.9 Å². The summed E-state index contributed by atoms with van der Waals surface area (Å²) in [5.74, 6) is 0.948. The van der Waals surface area contributed by atoms with Crippen molar-refractivity contribution in [1.82, 2.24) is 0 Å². The van der Waals surface area contributed by atoms with E-state index in [9.17, 15) is 4.79 Å². The standard InChI is InChI=1S/C8H8OS/c9-5-1-2-8-3-4-10-7(8)6(5)8/h3-4,6-7H,1-2H2. The lowest BCUT2D eigenvalue weighted by Gasteiger charge is -1.98. The maximum Gasteiger partial charge on any atom is 0.138 e. The second-order valence-corrected chi connectivity index (χ2v) is 4.47. The Morgan fingerprint density at radius 2 is 2.60 bits per heavy atom. The van der Waals surface area contributed by atoms with Crippen LogP contribution < -0.4 is 0 Å². The fraction of sp³-hybridized carbons (Fsp3) is 0.625. The van der Waals surface area contributed by atoms with Crippen molar-refractivity contribution in [3.8, 4) is 0 Å². The first-order valence-corrected chi connectivity index (χ1v) is 4.65. The molecule has 1 spiro atoms. The number of allylic oxidation sites excluding steroid dienone is 1. The van der Waals surface area contributed by atoms with Crippen molar-refractivity contribution < 1.29 is 4.79 Å². The lowest BCUT2D eigenvalue weighted by atomic mass is 10.1. The lowest BCUT2D eigenvalue weighted by molar-refractivity contribution is -0.119. The molecule has 0 saturated heterocycles. The number of carbonyl (C=O) groups excluding carboxylic acids is 1. The quantitative estimate of drug-likeness (QED) is 0.524. The van der Waals surface area contributed by atoms with Gasteiger partial charge < -0.3 is 0 Å². The Bertz CT molecular complexity index is 246. The van der Waals surface area contributed by atoms with Crippen molar-refractivity contribution in [2.24, 2.45) is 11.3 Å². The fourth-order valence-electron chi connectivity index (χ4n) is 2.42. The molecule has 0 aromatic rings. The Morgan fingerprint density at radius 1 is 1.70 bits per heavy atom. The van der Waals surface area contributed by atoms with Crippen LogP contribution in [0.5, 0.6) is 0 Å². The van der Waals surface area contributed by atoms with E-state index >= 15 is 0 Å². The van der Waals surface area contributed by atoms with E-state index in [4.69, 9.17) is 0 Å². The maximum absolute atomic E-state index is 11.2. The zero-order valence-corrected chi connectivity index (χ0v) is 6.36. The van der Waals surface area contributed by atoms with E-state index in [1.165, 1.54) is 0 Å². The molecule has 0 N–H and O–H groups in total. The molecule has 2 aliphatic carbocycles. The molecule has 3 unspecified atom stereocenters. The van der Waals surface area contributed by atoms with E-state index in [2.05, 4.69) is 11.5 Å². The zero-order chi connectivity index (χ0) is 6.77. The highest BCUT2D eigenvalue weighted by Gasteiger charge is 2.71. The van der Waals surface area contributed by atoms with Crippen LogP contribution in [0, 0.1) is 11.3 Å². The van der Waals surface area contributed by atoms with Gasteiger partial charge in [0.2, 0.25) is 0 Å². The summed E-state index contributed by atoms with van der Waals surface area (Å²) in [4.78, 5) is 11.2. The highest BCUT2D eigenvalue weighted by Crippen LogP contribution is 2.71. The van der Waals surface area contributed by atoms with Crippen LogP contribution in [0.3, 0.4) is 0 Å². The van der Waals surface area contributed by atoms with Crippen molar-refractivity contribution >= 4 is 17.5 Å². The molecule has 1 nitrogen and oxygen atoms in total. The topological polar surface area (TPSA) is 17.1 Å².